The third-order valence-electron chi connectivity index (χ3n) is 6.92. The van der Waals surface area contributed by atoms with Gasteiger partial charge in [0.05, 0.1) is 33.4 Å². The van der Waals surface area contributed by atoms with E-state index in [2.05, 4.69) is 11.1 Å². The zero-order valence-electron chi connectivity index (χ0n) is 20.0. The van der Waals surface area contributed by atoms with Crippen LogP contribution in [0.25, 0.3) is 10.9 Å². The molecule has 5 rings (SSSR count). The third kappa shape index (κ3) is 4.84. The molecular formula is C29H25N3O4S. The summed E-state index contributed by atoms with van der Waals surface area (Å²) in [4.78, 5) is 19.2. The molecule has 1 aliphatic heterocycles. The lowest BCUT2D eigenvalue weighted by Crippen LogP contribution is -2.45. The van der Waals surface area contributed by atoms with E-state index in [1.807, 2.05) is 12.1 Å². The number of sulfone groups is 1. The van der Waals surface area contributed by atoms with Crippen LogP contribution in [0.3, 0.4) is 0 Å². The van der Waals surface area contributed by atoms with Crippen molar-refractivity contribution in [2.24, 2.45) is 0 Å². The van der Waals surface area contributed by atoms with Crippen molar-refractivity contribution in [1.29, 1.82) is 5.26 Å². The van der Waals surface area contributed by atoms with Gasteiger partial charge in [-0.3, -0.25) is 9.78 Å². The molecule has 0 saturated carbocycles. The van der Waals surface area contributed by atoms with Crippen molar-refractivity contribution in [3.05, 3.63) is 107 Å². The second-order valence-electron chi connectivity index (χ2n) is 9.27. The molecule has 4 aromatic rings. The number of amides is 1. The zero-order chi connectivity index (χ0) is 26.0. The summed E-state index contributed by atoms with van der Waals surface area (Å²) in [7, 11) is -3.65. The lowest BCUT2D eigenvalue weighted by molar-refractivity contribution is -0.0213. The number of hydrogen-bond acceptors (Lipinski definition) is 6. The number of aromatic nitrogens is 1. The van der Waals surface area contributed by atoms with Crippen LogP contribution < -0.4 is 0 Å². The molecule has 1 fully saturated rings. The zero-order valence-corrected chi connectivity index (χ0v) is 20.9. The molecule has 1 aliphatic rings. The van der Waals surface area contributed by atoms with Crippen LogP contribution in [0.4, 0.5) is 0 Å². The summed E-state index contributed by atoms with van der Waals surface area (Å²) in [5, 5.41) is 21.3. The van der Waals surface area contributed by atoms with Crippen LogP contribution in [0.5, 0.6) is 0 Å². The number of benzene rings is 3. The molecule has 7 nitrogen and oxygen atoms in total. The molecule has 0 spiro atoms. The van der Waals surface area contributed by atoms with Gasteiger partial charge in [0.15, 0.2) is 9.84 Å². The van der Waals surface area contributed by atoms with Crippen LogP contribution in [0.15, 0.2) is 90.0 Å². The predicted octanol–water partition coefficient (Wildman–Crippen LogP) is 4.20. The minimum Gasteiger partial charge on any atom is -0.385 e. The van der Waals surface area contributed by atoms with E-state index in [1.54, 1.807) is 77.8 Å². The molecule has 0 bridgehead atoms. The van der Waals surface area contributed by atoms with Gasteiger partial charge in [0.2, 0.25) is 0 Å². The minimum absolute atomic E-state index is 0.178. The predicted molar refractivity (Wildman–Crippen MR) is 139 cm³/mol. The average molecular weight is 512 g/mol. The molecule has 1 N–H and O–H groups in total. The van der Waals surface area contributed by atoms with Gasteiger partial charge in [-0.2, -0.15) is 5.26 Å². The van der Waals surface area contributed by atoms with Crippen molar-refractivity contribution in [3.63, 3.8) is 0 Å². The quantitative estimate of drug-likeness (QED) is 0.430. The van der Waals surface area contributed by atoms with Gasteiger partial charge in [0.1, 0.15) is 0 Å². The van der Waals surface area contributed by atoms with Gasteiger partial charge in [-0.05, 0) is 48.7 Å². The molecule has 8 heteroatoms. The summed E-state index contributed by atoms with van der Waals surface area (Å²) in [5.41, 5.74) is 1.35. The molecule has 0 aliphatic carbocycles. The molecule has 37 heavy (non-hydrogen) atoms. The Bertz CT molecular complexity index is 1610. The van der Waals surface area contributed by atoms with Crippen molar-refractivity contribution < 1.29 is 18.3 Å². The van der Waals surface area contributed by atoms with E-state index in [0.29, 0.717) is 53.7 Å². The number of fused-ring (bicyclic) bond motifs is 1. The van der Waals surface area contributed by atoms with Crippen molar-refractivity contribution in [2.45, 2.75) is 29.1 Å². The Morgan fingerprint density at radius 1 is 0.973 bits per heavy atom. The fourth-order valence-corrected chi connectivity index (χ4v) is 6.42. The van der Waals surface area contributed by atoms with E-state index in [0.717, 1.165) is 5.39 Å². The van der Waals surface area contributed by atoms with Crippen molar-refractivity contribution >= 4 is 26.6 Å². The van der Waals surface area contributed by atoms with E-state index >= 15 is 0 Å². The molecule has 0 atom stereocenters. The number of likely N-dealkylation sites (tertiary alicyclic amines) is 1. The number of carbonyl (C=O) groups excluding carboxylic acids is 1. The molecule has 2 heterocycles. The Hall–Kier alpha value is -4.06. The average Bonchev–Trinajstić information content (AvgIpc) is 2.93. The van der Waals surface area contributed by atoms with E-state index in [-0.39, 0.29) is 16.6 Å². The number of pyridine rings is 1. The van der Waals surface area contributed by atoms with Gasteiger partial charge in [0, 0.05) is 35.8 Å². The molecule has 1 amide bonds. The first-order chi connectivity index (χ1) is 17.8. The first-order valence-electron chi connectivity index (χ1n) is 12.0. The highest BCUT2D eigenvalue weighted by Crippen LogP contribution is 2.35. The van der Waals surface area contributed by atoms with E-state index in [1.165, 1.54) is 0 Å². The molecule has 1 aromatic heterocycles. The van der Waals surface area contributed by atoms with Crippen molar-refractivity contribution in [3.8, 4) is 6.07 Å². The maximum absolute atomic E-state index is 13.1. The standard InChI is InChI=1S/C29H25N3O4S/c30-19-24-5-1-2-8-25(24)29(34)14-17-32(18-15-29)28(33)23-12-10-21(11-13-23)20-37(35,36)26-9-3-6-22-7-4-16-31-27(22)26/h1-13,16,34H,14-15,17-18,20H2. The van der Waals surface area contributed by atoms with Crippen LogP contribution in [0, 0.1) is 11.3 Å². The summed E-state index contributed by atoms with van der Waals surface area (Å²) < 4.78 is 26.3. The van der Waals surface area contributed by atoms with Crippen LogP contribution in [0.1, 0.15) is 39.9 Å². The van der Waals surface area contributed by atoms with Crippen molar-refractivity contribution in [1.82, 2.24) is 9.88 Å². The first-order valence-corrected chi connectivity index (χ1v) is 13.6. The summed E-state index contributed by atoms with van der Waals surface area (Å²) >= 11 is 0. The second-order valence-corrected chi connectivity index (χ2v) is 11.2. The van der Waals surface area contributed by atoms with E-state index in [9.17, 15) is 23.6 Å². The highest BCUT2D eigenvalue weighted by atomic mass is 32.2. The number of nitriles is 1. The Morgan fingerprint density at radius 3 is 2.41 bits per heavy atom. The molecule has 0 radical (unpaired) electrons. The monoisotopic (exact) mass is 511 g/mol. The molecular weight excluding hydrogens is 486 g/mol. The molecule has 0 unspecified atom stereocenters. The SMILES string of the molecule is N#Cc1ccccc1C1(O)CCN(C(=O)c2ccc(CS(=O)(=O)c3cccc4cccnc34)cc2)CC1. The third-order valence-corrected chi connectivity index (χ3v) is 8.63. The number of aliphatic hydroxyl groups is 1. The fourth-order valence-electron chi connectivity index (χ4n) is 4.89. The number of piperidine rings is 1. The Balaban J connectivity index is 1.28. The smallest absolute Gasteiger partial charge is 0.253 e. The summed E-state index contributed by atoms with van der Waals surface area (Å²) in [6.45, 7) is 0.693. The molecule has 1 saturated heterocycles. The van der Waals surface area contributed by atoms with Gasteiger partial charge in [0.25, 0.3) is 5.91 Å². The normalized spacial score (nSPS) is 15.3. The topological polar surface area (TPSA) is 111 Å². The molecule has 3 aromatic carbocycles. The van der Waals surface area contributed by atoms with Gasteiger partial charge in [-0.1, -0.05) is 48.5 Å². The van der Waals surface area contributed by atoms with E-state index < -0.39 is 15.4 Å². The van der Waals surface area contributed by atoms with Crippen LogP contribution >= 0.6 is 0 Å². The lowest BCUT2D eigenvalue weighted by Gasteiger charge is -2.39. The fraction of sp³-hybridized carbons (Fsp3) is 0.207. The van der Waals surface area contributed by atoms with Gasteiger partial charge >= 0.3 is 0 Å². The first kappa shape index (κ1) is 24.6. The van der Waals surface area contributed by atoms with E-state index in [4.69, 9.17) is 0 Å². The van der Waals surface area contributed by atoms with Crippen LogP contribution in [-0.4, -0.2) is 42.4 Å². The largest absolute Gasteiger partial charge is 0.385 e. The van der Waals surface area contributed by atoms with Gasteiger partial charge in [-0.15, -0.1) is 0 Å². The highest BCUT2D eigenvalue weighted by molar-refractivity contribution is 7.90. The maximum atomic E-state index is 13.1. The number of nitrogens with zero attached hydrogens (tertiary/aromatic N) is 3. The van der Waals surface area contributed by atoms with Gasteiger partial charge in [-0.25, -0.2) is 8.42 Å². The number of carbonyl (C=O) groups is 1. The summed E-state index contributed by atoms with van der Waals surface area (Å²) in [6, 6.07) is 24.4. The maximum Gasteiger partial charge on any atom is 0.253 e. The lowest BCUT2D eigenvalue weighted by atomic mass is 9.82. The Kier molecular flexibility index (Phi) is 6.50. The highest BCUT2D eigenvalue weighted by Gasteiger charge is 2.37. The summed E-state index contributed by atoms with van der Waals surface area (Å²) in [5.74, 6) is -0.380. The van der Waals surface area contributed by atoms with Crippen LogP contribution in [-0.2, 0) is 21.2 Å². The number of hydrogen-bond donors (Lipinski definition) is 1. The minimum atomic E-state index is -3.65. The number of para-hydroxylation sites is 1. The summed E-state index contributed by atoms with van der Waals surface area (Å²) in [6.07, 6.45) is 2.23. The van der Waals surface area contributed by atoms with Crippen LogP contribution in [0.2, 0.25) is 0 Å². The molecule has 186 valence electrons. The second kappa shape index (κ2) is 9.77. The van der Waals surface area contributed by atoms with Gasteiger partial charge < -0.3 is 10.0 Å². The Morgan fingerprint density at radius 2 is 1.68 bits per heavy atom. The number of rotatable bonds is 5. The van der Waals surface area contributed by atoms with Crippen molar-refractivity contribution in [2.75, 3.05) is 13.1 Å². The Labute approximate surface area is 215 Å².